The third-order valence-electron chi connectivity index (χ3n) is 3.80. The van der Waals surface area contributed by atoms with Crippen molar-refractivity contribution in [2.24, 2.45) is 5.41 Å². The fourth-order valence-electron chi connectivity index (χ4n) is 2.42. The second-order valence-electron chi connectivity index (χ2n) is 6.97. The average molecular weight is 323 g/mol. The Morgan fingerprint density at radius 2 is 1.88 bits per heavy atom. The highest BCUT2D eigenvalue weighted by Crippen LogP contribution is 2.23. The Morgan fingerprint density at radius 1 is 1.12 bits per heavy atom. The monoisotopic (exact) mass is 323 g/mol. The van der Waals surface area contributed by atoms with Gasteiger partial charge in [-0.1, -0.05) is 32.9 Å². The molecule has 0 aliphatic carbocycles. The average Bonchev–Trinajstić information content (AvgIpc) is 3.02. The van der Waals surface area contributed by atoms with Crippen LogP contribution in [0.5, 0.6) is 0 Å². The van der Waals surface area contributed by atoms with Gasteiger partial charge >= 0.3 is 0 Å². The van der Waals surface area contributed by atoms with Crippen molar-refractivity contribution in [3.8, 4) is 11.3 Å². The minimum atomic E-state index is -0.0554. The number of nitrogens with zero attached hydrogens (tertiary/aromatic N) is 3. The van der Waals surface area contributed by atoms with E-state index in [0.29, 0.717) is 17.8 Å². The van der Waals surface area contributed by atoms with Crippen LogP contribution in [0.4, 0.5) is 0 Å². The van der Waals surface area contributed by atoms with Crippen LogP contribution in [-0.4, -0.2) is 32.4 Å². The van der Waals surface area contributed by atoms with E-state index in [9.17, 15) is 4.79 Å². The number of amides is 1. The van der Waals surface area contributed by atoms with Gasteiger partial charge in [-0.25, -0.2) is 15.0 Å². The van der Waals surface area contributed by atoms with Crippen molar-refractivity contribution < 1.29 is 4.79 Å². The molecule has 0 saturated heterocycles. The van der Waals surface area contributed by atoms with E-state index < -0.39 is 0 Å². The molecule has 3 rings (SSSR count). The number of rotatable bonds is 4. The summed E-state index contributed by atoms with van der Waals surface area (Å²) in [4.78, 5) is 27.8. The highest BCUT2D eigenvalue weighted by Gasteiger charge is 2.12. The number of nitrogens with one attached hydrogen (secondary N) is 2. The minimum absolute atomic E-state index is 0.0554. The van der Waals surface area contributed by atoms with Crippen molar-refractivity contribution in [2.45, 2.75) is 27.2 Å². The molecular weight excluding hydrogens is 302 g/mol. The maximum Gasteiger partial charge on any atom is 0.251 e. The Labute approximate surface area is 140 Å². The number of benzene rings is 1. The molecule has 0 fully saturated rings. The summed E-state index contributed by atoms with van der Waals surface area (Å²) in [5, 5.41) is 2.96. The summed E-state index contributed by atoms with van der Waals surface area (Å²) in [5.41, 5.74) is 3.96. The van der Waals surface area contributed by atoms with Gasteiger partial charge in [0.1, 0.15) is 11.8 Å². The summed E-state index contributed by atoms with van der Waals surface area (Å²) in [7, 11) is 0. The second kappa shape index (κ2) is 6.39. The molecule has 6 heteroatoms. The normalized spacial score (nSPS) is 11.6. The molecule has 1 amide bonds. The zero-order valence-corrected chi connectivity index (χ0v) is 14.1. The van der Waals surface area contributed by atoms with Crippen LogP contribution in [0.25, 0.3) is 22.4 Å². The highest BCUT2D eigenvalue weighted by molar-refractivity contribution is 5.95. The Morgan fingerprint density at radius 3 is 2.58 bits per heavy atom. The van der Waals surface area contributed by atoms with Crippen LogP contribution in [0.3, 0.4) is 0 Å². The van der Waals surface area contributed by atoms with Crippen LogP contribution in [0.2, 0.25) is 0 Å². The van der Waals surface area contributed by atoms with Gasteiger partial charge < -0.3 is 10.3 Å². The van der Waals surface area contributed by atoms with Gasteiger partial charge in [-0.2, -0.15) is 0 Å². The Balaban J connectivity index is 1.74. The lowest BCUT2D eigenvalue weighted by molar-refractivity contribution is 0.0949. The molecule has 2 aromatic heterocycles. The van der Waals surface area contributed by atoms with Crippen molar-refractivity contribution in [3.63, 3.8) is 0 Å². The van der Waals surface area contributed by atoms with Crippen LogP contribution < -0.4 is 5.32 Å². The predicted octanol–water partition coefficient (Wildman–Crippen LogP) is 3.19. The van der Waals surface area contributed by atoms with Gasteiger partial charge in [-0.05, 0) is 24.0 Å². The number of aromatic amines is 1. The van der Waals surface area contributed by atoms with E-state index in [1.807, 2.05) is 24.3 Å². The van der Waals surface area contributed by atoms with Crippen molar-refractivity contribution in [1.82, 2.24) is 25.3 Å². The number of hydrogen-bond donors (Lipinski definition) is 2. The van der Waals surface area contributed by atoms with E-state index in [4.69, 9.17) is 0 Å². The van der Waals surface area contributed by atoms with E-state index in [-0.39, 0.29) is 11.3 Å². The molecule has 6 nitrogen and oxygen atoms in total. The number of H-pyrrole nitrogens is 1. The van der Waals surface area contributed by atoms with Crippen molar-refractivity contribution >= 4 is 17.1 Å². The summed E-state index contributed by atoms with van der Waals surface area (Å²) in [5.74, 6) is -0.0554. The first-order chi connectivity index (χ1) is 11.4. The smallest absolute Gasteiger partial charge is 0.251 e. The van der Waals surface area contributed by atoms with E-state index in [0.717, 1.165) is 23.2 Å². The first-order valence-corrected chi connectivity index (χ1v) is 7.97. The molecule has 24 heavy (non-hydrogen) atoms. The lowest BCUT2D eigenvalue weighted by atomic mass is 9.92. The maximum absolute atomic E-state index is 12.2. The second-order valence-corrected chi connectivity index (χ2v) is 6.97. The van der Waals surface area contributed by atoms with Crippen LogP contribution >= 0.6 is 0 Å². The quantitative estimate of drug-likeness (QED) is 0.772. The molecule has 0 aliphatic heterocycles. The Kier molecular flexibility index (Phi) is 4.29. The summed E-state index contributed by atoms with van der Waals surface area (Å²) in [6.45, 7) is 7.15. The molecule has 0 unspecified atom stereocenters. The highest BCUT2D eigenvalue weighted by atomic mass is 16.1. The third-order valence-corrected chi connectivity index (χ3v) is 3.80. The fourth-order valence-corrected chi connectivity index (χ4v) is 2.42. The lowest BCUT2D eigenvalue weighted by Crippen LogP contribution is -2.27. The summed E-state index contributed by atoms with van der Waals surface area (Å²) in [6.07, 6.45) is 4.03. The van der Waals surface area contributed by atoms with Crippen molar-refractivity contribution in [3.05, 3.63) is 42.5 Å². The molecule has 2 N–H and O–H groups in total. The van der Waals surface area contributed by atoms with Crippen molar-refractivity contribution in [1.29, 1.82) is 0 Å². The molecule has 124 valence electrons. The van der Waals surface area contributed by atoms with E-state index in [1.165, 1.54) is 6.33 Å². The van der Waals surface area contributed by atoms with E-state index in [1.54, 1.807) is 6.33 Å². The topological polar surface area (TPSA) is 83.6 Å². The number of imidazole rings is 1. The molecule has 0 aliphatic rings. The maximum atomic E-state index is 12.2. The first kappa shape index (κ1) is 16.1. The largest absolute Gasteiger partial charge is 0.352 e. The standard InChI is InChI=1S/C18H21N5O/c1-18(2,3)8-9-19-17(24)13-6-4-12(5-7-13)14-15-16(22-10-20-14)23-11-21-15/h4-7,10-11H,8-9H2,1-3H3,(H,19,24)(H,20,21,22,23). The molecule has 0 spiro atoms. The molecule has 0 atom stereocenters. The molecule has 2 heterocycles. The van der Waals surface area contributed by atoms with E-state index in [2.05, 4.69) is 46.0 Å². The van der Waals surface area contributed by atoms with Gasteiger partial charge in [0.2, 0.25) is 0 Å². The number of fused-ring (bicyclic) bond motifs is 1. The number of hydrogen-bond acceptors (Lipinski definition) is 4. The molecular formula is C18H21N5O. The Hall–Kier alpha value is -2.76. The number of aromatic nitrogens is 4. The van der Waals surface area contributed by atoms with Gasteiger partial charge in [0.05, 0.1) is 12.0 Å². The molecule has 0 radical (unpaired) electrons. The predicted molar refractivity (Wildman–Crippen MR) is 93.5 cm³/mol. The molecule has 0 saturated carbocycles. The summed E-state index contributed by atoms with van der Waals surface area (Å²) < 4.78 is 0. The van der Waals surface area contributed by atoms with Gasteiger partial charge in [0.25, 0.3) is 5.91 Å². The minimum Gasteiger partial charge on any atom is -0.352 e. The zero-order chi connectivity index (χ0) is 17.2. The van der Waals surface area contributed by atoms with Gasteiger partial charge in [0, 0.05) is 17.7 Å². The van der Waals surface area contributed by atoms with Gasteiger partial charge in [-0.15, -0.1) is 0 Å². The Bertz CT molecular complexity index is 846. The van der Waals surface area contributed by atoms with Gasteiger partial charge in [-0.3, -0.25) is 4.79 Å². The summed E-state index contributed by atoms with van der Waals surface area (Å²) >= 11 is 0. The number of carbonyl (C=O) groups is 1. The molecule has 3 aromatic rings. The lowest BCUT2D eigenvalue weighted by Gasteiger charge is -2.18. The van der Waals surface area contributed by atoms with Gasteiger partial charge in [0.15, 0.2) is 5.65 Å². The molecule has 1 aromatic carbocycles. The van der Waals surface area contributed by atoms with Crippen LogP contribution in [0.15, 0.2) is 36.9 Å². The van der Waals surface area contributed by atoms with Crippen LogP contribution in [0.1, 0.15) is 37.6 Å². The third kappa shape index (κ3) is 3.59. The summed E-state index contributed by atoms with van der Waals surface area (Å²) in [6, 6.07) is 7.40. The zero-order valence-electron chi connectivity index (χ0n) is 14.1. The fraction of sp³-hybridized carbons (Fsp3) is 0.333. The van der Waals surface area contributed by atoms with E-state index >= 15 is 0 Å². The first-order valence-electron chi connectivity index (χ1n) is 7.97. The SMILES string of the molecule is CC(C)(C)CCNC(=O)c1ccc(-c2ncnc3nc[nH]c23)cc1. The number of carbonyl (C=O) groups excluding carboxylic acids is 1. The van der Waals surface area contributed by atoms with Crippen LogP contribution in [-0.2, 0) is 0 Å². The van der Waals surface area contributed by atoms with Crippen LogP contribution in [0, 0.1) is 5.41 Å². The molecule has 0 bridgehead atoms. The van der Waals surface area contributed by atoms with Crippen molar-refractivity contribution in [2.75, 3.05) is 6.54 Å².